The van der Waals surface area contributed by atoms with Gasteiger partial charge in [-0.15, -0.1) is 22.7 Å². The second-order valence-electron chi connectivity index (χ2n) is 18.1. The highest BCUT2D eigenvalue weighted by atomic mass is 32.1. The minimum Gasteiger partial charge on any atom is -0.470 e. The molecule has 3 N–H and O–H groups in total. The number of aliphatic hydroxyl groups excluding tert-OH is 1. The molecular weight excluding hydrogens is 893 g/mol. The van der Waals surface area contributed by atoms with E-state index in [-0.39, 0.29) is 86.1 Å². The van der Waals surface area contributed by atoms with Crippen LogP contribution >= 0.6 is 22.7 Å². The molecule has 18 heteroatoms. The van der Waals surface area contributed by atoms with Gasteiger partial charge in [-0.25, -0.2) is 9.97 Å². The molecule has 0 aliphatic carbocycles. The lowest BCUT2D eigenvalue weighted by Gasteiger charge is -2.28. The van der Waals surface area contributed by atoms with Gasteiger partial charge in [0.05, 0.1) is 50.5 Å². The number of β-amino-alcohol motifs (C(OH)–C–C–N with tert-alkyl or cyclic N) is 1. The van der Waals surface area contributed by atoms with Gasteiger partial charge in [0.1, 0.15) is 35.8 Å². The highest BCUT2D eigenvalue weighted by Crippen LogP contribution is 2.36. The minimum absolute atomic E-state index is 0.0151. The van der Waals surface area contributed by atoms with Crippen molar-refractivity contribution in [1.29, 1.82) is 0 Å². The molecule has 4 amide bonds. The normalized spacial score (nSPS) is 19.3. The lowest BCUT2D eigenvalue weighted by molar-refractivity contribution is -0.141. The van der Waals surface area contributed by atoms with Gasteiger partial charge in [-0.1, -0.05) is 81.4 Å². The summed E-state index contributed by atoms with van der Waals surface area (Å²) in [6.07, 6.45) is -1.29. The number of nitrogens with zero attached hydrogens (tertiary/aromatic N) is 6. The van der Waals surface area contributed by atoms with E-state index in [1.807, 2.05) is 101 Å². The van der Waals surface area contributed by atoms with Crippen LogP contribution in [-0.4, -0.2) is 96.2 Å². The first-order chi connectivity index (χ1) is 32.1. The van der Waals surface area contributed by atoms with E-state index in [0.29, 0.717) is 11.5 Å². The molecule has 2 aliphatic rings. The predicted molar refractivity (Wildman–Crippen MR) is 252 cm³/mol. The summed E-state index contributed by atoms with van der Waals surface area (Å²) in [5, 5.41) is 25.0. The van der Waals surface area contributed by atoms with Crippen LogP contribution in [0.2, 0.25) is 0 Å². The van der Waals surface area contributed by atoms with Gasteiger partial charge in [0, 0.05) is 44.6 Å². The Morgan fingerprint density at radius 3 is 1.64 bits per heavy atom. The smallest absolute Gasteiger partial charge is 0.254 e. The number of aromatic nitrogens is 4. The van der Waals surface area contributed by atoms with Crippen molar-refractivity contribution in [2.75, 3.05) is 13.1 Å². The molecule has 6 aromatic rings. The summed E-state index contributed by atoms with van der Waals surface area (Å²) < 4.78 is 17.7. The van der Waals surface area contributed by atoms with Crippen molar-refractivity contribution in [3.8, 4) is 26.8 Å². The number of aryl methyl sites for hydroxylation is 3. The average molecular weight is 949 g/mol. The van der Waals surface area contributed by atoms with Gasteiger partial charge < -0.3 is 39.3 Å². The van der Waals surface area contributed by atoms with Gasteiger partial charge in [-0.3, -0.25) is 19.2 Å². The number of ether oxygens (including phenoxy) is 1. The maximum absolute atomic E-state index is 14.5. The fourth-order valence-corrected chi connectivity index (χ4v) is 10.6. The van der Waals surface area contributed by atoms with E-state index in [0.717, 1.165) is 43.4 Å². The number of hydrogen-bond donors (Lipinski definition) is 3. The number of benzene rings is 2. The second kappa shape index (κ2) is 20.3. The molecule has 6 heterocycles. The lowest BCUT2D eigenvalue weighted by atomic mass is 9.91. The zero-order valence-corrected chi connectivity index (χ0v) is 40.2. The van der Waals surface area contributed by atoms with Crippen molar-refractivity contribution in [3.05, 3.63) is 111 Å². The van der Waals surface area contributed by atoms with E-state index in [1.54, 1.807) is 46.6 Å². The molecule has 2 aliphatic heterocycles. The molecule has 2 aromatic carbocycles. The molecule has 8 rings (SSSR count). The van der Waals surface area contributed by atoms with Crippen LogP contribution in [0.5, 0.6) is 5.88 Å². The fourth-order valence-electron chi connectivity index (χ4n) is 9.00. The molecule has 2 fully saturated rings. The van der Waals surface area contributed by atoms with Crippen molar-refractivity contribution in [2.45, 2.75) is 111 Å². The quantitative estimate of drug-likeness (QED) is 0.0901. The highest BCUT2D eigenvalue weighted by molar-refractivity contribution is 7.13. The Bertz CT molecular complexity index is 2690. The molecule has 352 valence electrons. The molecule has 0 radical (unpaired) electrons. The van der Waals surface area contributed by atoms with Gasteiger partial charge in [-0.05, 0) is 60.0 Å². The summed E-state index contributed by atoms with van der Waals surface area (Å²) in [5.74, 6) is -2.67. The Kier molecular flexibility index (Phi) is 14.3. The van der Waals surface area contributed by atoms with Crippen LogP contribution in [0.4, 0.5) is 0 Å². The molecule has 16 nitrogen and oxygen atoms in total. The zero-order chi connectivity index (χ0) is 47.5. The average Bonchev–Trinajstić information content (AvgIpc) is 4.18. The Hall–Kier alpha value is -6.24. The first kappa shape index (κ1) is 47.3. The van der Waals surface area contributed by atoms with Crippen LogP contribution in [0, 0.1) is 32.6 Å². The minimum atomic E-state index is -0.894. The third kappa shape index (κ3) is 10.5. The molecule has 0 bridgehead atoms. The first-order valence-electron chi connectivity index (χ1n) is 22.5. The molecule has 0 saturated carbocycles. The van der Waals surface area contributed by atoms with Crippen LogP contribution in [-0.2, 0) is 32.3 Å². The summed E-state index contributed by atoms with van der Waals surface area (Å²) in [5.41, 5.74) is 10.1. The molecule has 4 aromatic heterocycles. The molecule has 2 saturated heterocycles. The predicted octanol–water partition coefficient (Wildman–Crippen LogP) is 6.96. The number of hydrogen-bond acceptors (Lipinski definition) is 14. The number of thiazole rings is 2. The van der Waals surface area contributed by atoms with Crippen molar-refractivity contribution >= 4 is 46.3 Å². The van der Waals surface area contributed by atoms with E-state index in [4.69, 9.17) is 13.8 Å². The summed E-state index contributed by atoms with van der Waals surface area (Å²) in [7, 11) is 0. The Balaban J connectivity index is 0.944. The van der Waals surface area contributed by atoms with Crippen LogP contribution in [0.15, 0.2) is 80.7 Å². The van der Waals surface area contributed by atoms with E-state index in [2.05, 4.69) is 30.9 Å². The van der Waals surface area contributed by atoms with E-state index in [9.17, 15) is 24.3 Å². The zero-order valence-electron chi connectivity index (χ0n) is 38.6. The number of carbonyl (C=O) groups is 4. The maximum Gasteiger partial charge on any atom is 0.254 e. The maximum atomic E-state index is 14.5. The van der Waals surface area contributed by atoms with E-state index in [1.165, 1.54) is 4.90 Å². The number of rotatable bonds is 16. The Morgan fingerprint density at radius 1 is 0.701 bits per heavy atom. The first-order valence-corrected chi connectivity index (χ1v) is 24.3. The molecule has 6 atom stereocenters. The van der Waals surface area contributed by atoms with Crippen LogP contribution in [0.25, 0.3) is 20.9 Å². The van der Waals surface area contributed by atoms with Crippen molar-refractivity contribution < 1.29 is 38.1 Å². The Labute approximate surface area is 397 Å². The monoisotopic (exact) mass is 948 g/mol. The van der Waals surface area contributed by atoms with Gasteiger partial charge in [0.15, 0.2) is 5.76 Å². The van der Waals surface area contributed by atoms with E-state index >= 15 is 0 Å². The molecular formula is C49H56N8O8S2. The third-order valence-corrected chi connectivity index (χ3v) is 14.4. The molecule has 0 unspecified atom stereocenters. The van der Waals surface area contributed by atoms with Gasteiger partial charge in [0.25, 0.3) is 5.88 Å². The number of aliphatic hydroxyl groups is 1. The van der Waals surface area contributed by atoms with Gasteiger partial charge >= 0.3 is 0 Å². The Morgan fingerprint density at radius 2 is 1.18 bits per heavy atom. The lowest BCUT2D eigenvalue weighted by Crippen LogP contribution is -2.48. The number of nitrogens with one attached hydrogen (secondary N) is 2. The van der Waals surface area contributed by atoms with E-state index < -0.39 is 36.1 Å². The molecule has 67 heavy (non-hydrogen) atoms. The topological polar surface area (TPSA) is 206 Å². The third-order valence-electron chi connectivity index (χ3n) is 12.5. The summed E-state index contributed by atoms with van der Waals surface area (Å²) in [6, 6.07) is 17.3. The number of likely N-dealkylation sites (tertiary alicyclic amines) is 2. The van der Waals surface area contributed by atoms with Crippen LogP contribution in [0.1, 0.15) is 92.1 Å². The van der Waals surface area contributed by atoms with Crippen molar-refractivity contribution in [1.82, 2.24) is 40.7 Å². The van der Waals surface area contributed by atoms with Crippen LogP contribution in [0.3, 0.4) is 0 Å². The second-order valence-corrected chi connectivity index (χ2v) is 19.8. The largest absolute Gasteiger partial charge is 0.470 e. The fraction of sp³-hybridized carbons (Fsp3) is 0.429. The van der Waals surface area contributed by atoms with Gasteiger partial charge in [0.2, 0.25) is 23.6 Å². The van der Waals surface area contributed by atoms with Crippen molar-refractivity contribution in [3.63, 3.8) is 0 Å². The number of carbonyl (C=O) groups excluding carboxylic acids is 4. The summed E-state index contributed by atoms with van der Waals surface area (Å²) in [6.45, 7) is 13.9. The van der Waals surface area contributed by atoms with Gasteiger partial charge in [-0.2, -0.15) is 0 Å². The standard InChI is InChI=1S/C49H56N8O8S2/c1-26(2)42(39-16-28(5)54-64-39)49(62)57-23-36(18-38(57)47(60)51-21-32-10-14-34(15-11-32)45-30(7)53-25-67-45)63-41-19-40(65-55-41)43(27(3)4)48(61)56-22-35(58)17-37(56)46(59)50-20-31-8-12-33(13-9-31)44-29(6)52-24-66-44/h8-16,19,24-27,35-38,42-43,58H,17-18,20-23H2,1-7H3,(H,50,59)(H,51,60)/t35-,36-,37+,38+,42+,43-/m1/s1. The molecule has 0 spiro atoms. The number of amides is 4. The summed E-state index contributed by atoms with van der Waals surface area (Å²) in [4.78, 5) is 70.4. The van der Waals surface area contributed by atoms with Crippen LogP contribution < -0.4 is 15.4 Å². The SMILES string of the molecule is Cc1cc([C@@H](C(=O)N2C[C@H](Oc3cc([C@H](C(=O)N4C[C@H](O)C[C@H]4C(=O)NCc4ccc(-c5scnc5C)cc4)C(C)C)on3)C[C@H]2C(=O)NCc2ccc(-c3scnc3C)cc2)C(C)C)on1. The highest BCUT2D eigenvalue weighted by Gasteiger charge is 2.46. The van der Waals surface area contributed by atoms with Crippen molar-refractivity contribution in [2.24, 2.45) is 11.8 Å². The summed E-state index contributed by atoms with van der Waals surface area (Å²) >= 11 is 3.14.